The van der Waals surface area contributed by atoms with E-state index in [2.05, 4.69) is 0 Å². The van der Waals surface area contributed by atoms with E-state index in [4.69, 9.17) is 14.6 Å². The van der Waals surface area contributed by atoms with E-state index >= 15 is 0 Å². The molecule has 0 aliphatic rings. The van der Waals surface area contributed by atoms with Gasteiger partial charge in [0.25, 0.3) is 0 Å². The minimum Gasteiger partial charge on any atom is -0.497 e. The summed E-state index contributed by atoms with van der Waals surface area (Å²) in [6, 6.07) is 7.37. The molecule has 1 atom stereocenters. The maximum Gasteiger partial charge on any atom is 0.315 e. The molecule has 1 aromatic rings. The Hall–Kier alpha value is -1.55. The van der Waals surface area contributed by atoms with E-state index in [1.165, 1.54) is 7.11 Å². The molecule has 1 aromatic carbocycles. The number of benzene rings is 1. The van der Waals surface area contributed by atoms with E-state index in [0.29, 0.717) is 18.6 Å². The van der Waals surface area contributed by atoms with Crippen LogP contribution in [0.2, 0.25) is 0 Å². The van der Waals surface area contributed by atoms with Crippen molar-refractivity contribution in [1.82, 2.24) is 0 Å². The summed E-state index contributed by atoms with van der Waals surface area (Å²) in [5.74, 6) is 0.399. The number of aliphatic hydroxyl groups excluding tert-OH is 1. The predicted molar refractivity (Wildman–Crippen MR) is 68.7 cm³/mol. The van der Waals surface area contributed by atoms with Crippen LogP contribution in [0.4, 0.5) is 0 Å². The molecule has 0 amide bonds. The molecule has 0 saturated heterocycles. The second kappa shape index (κ2) is 6.40. The molecule has 0 aromatic heterocycles. The van der Waals surface area contributed by atoms with Crippen LogP contribution in [-0.4, -0.2) is 31.9 Å². The highest BCUT2D eigenvalue weighted by atomic mass is 16.5. The van der Waals surface area contributed by atoms with E-state index in [1.807, 2.05) is 31.2 Å². The van der Waals surface area contributed by atoms with Crippen molar-refractivity contribution >= 4 is 5.97 Å². The predicted octanol–water partition coefficient (Wildman–Crippen LogP) is 1.90. The smallest absolute Gasteiger partial charge is 0.315 e. The fourth-order valence-electron chi connectivity index (χ4n) is 1.99. The lowest BCUT2D eigenvalue weighted by molar-refractivity contribution is -0.147. The number of hydrogen-bond acceptors (Lipinski definition) is 4. The van der Waals surface area contributed by atoms with Crippen LogP contribution in [0.1, 0.15) is 25.3 Å². The average molecular weight is 252 g/mol. The zero-order valence-corrected chi connectivity index (χ0v) is 11.1. The lowest BCUT2D eigenvalue weighted by atomic mass is 9.78. The first-order valence-corrected chi connectivity index (χ1v) is 5.92. The van der Waals surface area contributed by atoms with Gasteiger partial charge in [-0.15, -0.1) is 0 Å². The summed E-state index contributed by atoms with van der Waals surface area (Å²) >= 11 is 0. The van der Waals surface area contributed by atoms with Crippen molar-refractivity contribution in [1.29, 1.82) is 0 Å². The molecule has 1 N–H and O–H groups in total. The van der Waals surface area contributed by atoms with Crippen molar-refractivity contribution in [3.8, 4) is 5.75 Å². The van der Waals surface area contributed by atoms with E-state index in [9.17, 15) is 4.79 Å². The van der Waals surface area contributed by atoms with Gasteiger partial charge >= 0.3 is 5.97 Å². The quantitative estimate of drug-likeness (QED) is 0.786. The minimum absolute atomic E-state index is 0.0521. The maximum absolute atomic E-state index is 12.0. The lowest BCUT2D eigenvalue weighted by Gasteiger charge is -2.27. The number of aliphatic hydroxyl groups is 1. The number of carbonyl (C=O) groups excluding carboxylic acids is 1. The van der Waals surface area contributed by atoms with Gasteiger partial charge < -0.3 is 14.6 Å². The van der Waals surface area contributed by atoms with Gasteiger partial charge in [-0.25, -0.2) is 0 Å². The van der Waals surface area contributed by atoms with Gasteiger partial charge in [-0.2, -0.15) is 0 Å². The van der Waals surface area contributed by atoms with E-state index in [-0.39, 0.29) is 12.6 Å². The van der Waals surface area contributed by atoms with Gasteiger partial charge in [0, 0.05) is 6.61 Å². The highest BCUT2D eigenvalue weighted by molar-refractivity contribution is 5.82. The van der Waals surface area contributed by atoms with Gasteiger partial charge in [-0.3, -0.25) is 4.79 Å². The molecule has 18 heavy (non-hydrogen) atoms. The Bertz CT molecular complexity index is 403. The molecular formula is C14H20O4. The second-order valence-corrected chi connectivity index (χ2v) is 4.38. The van der Waals surface area contributed by atoms with Crippen LogP contribution in [0, 0.1) is 0 Å². The Labute approximate surface area is 108 Å². The Morgan fingerprint density at radius 2 is 2.11 bits per heavy atom. The normalized spacial score (nSPS) is 13.8. The van der Waals surface area contributed by atoms with Gasteiger partial charge in [-0.05, 0) is 37.5 Å². The molecule has 0 radical (unpaired) electrons. The first-order valence-electron chi connectivity index (χ1n) is 5.92. The van der Waals surface area contributed by atoms with Gasteiger partial charge in [0.05, 0.1) is 19.6 Å². The van der Waals surface area contributed by atoms with Crippen molar-refractivity contribution < 1.29 is 19.4 Å². The molecule has 0 heterocycles. The first-order chi connectivity index (χ1) is 8.58. The third-order valence-electron chi connectivity index (χ3n) is 3.18. The zero-order valence-electron chi connectivity index (χ0n) is 11.1. The lowest BCUT2D eigenvalue weighted by Crippen LogP contribution is -2.34. The molecular weight excluding hydrogens is 232 g/mol. The fraction of sp³-hybridized carbons (Fsp3) is 0.500. The second-order valence-electron chi connectivity index (χ2n) is 4.38. The summed E-state index contributed by atoms with van der Waals surface area (Å²) in [5, 5.41) is 8.95. The van der Waals surface area contributed by atoms with Crippen LogP contribution in [0.5, 0.6) is 5.75 Å². The number of methoxy groups -OCH3 is 2. The van der Waals surface area contributed by atoms with Crippen molar-refractivity contribution in [3.05, 3.63) is 29.8 Å². The summed E-state index contributed by atoms with van der Waals surface area (Å²) < 4.78 is 10.0. The summed E-state index contributed by atoms with van der Waals surface area (Å²) in [6.07, 6.45) is 1.08. The molecule has 0 spiro atoms. The van der Waals surface area contributed by atoms with Gasteiger partial charge in [0.1, 0.15) is 5.75 Å². The Morgan fingerprint density at radius 1 is 1.39 bits per heavy atom. The fourth-order valence-corrected chi connectivity index (χ4v) is 1.99. The van der Waals surface area contributed by atoms with Crippen molar-refractivity contribution in [3.63, 3.8) is 0 Å². The van der Waals surface area contributed by atoms with Crippen molar-refractivity contribution in [2.24, 2.45) is 0 Å². The van der Waals surface area contributed by atoms with Crippen molar-refractivity contribution in [2.75, 3.05) is 20.8 Å². The first kappa shape index (κ1) is 14.5. The zero-order chi connectivity index (χ0) is 13.6. The molecule has 1 rings (SSSR count). The molecule has 0 aliphatic carbocycles. The number of hydrogen-bond donors (Lipinski definition) is 1. The van der Waals surface area contributed by atoms with Crippen molar-refractivity contribution in [2.45, 2.75) is 25.2 Å². The molecule has 0 bridgehead atoms. The number of carbonyl (C=O) groups is 1. The molecule has 0 unspecified atom stereocenters. The number of ether oxygens (including phenoxy) is 2. The summed E-state index contributed by atoms with van der Waals surface area (Å²) in [4.78, 5) is 12.0. The van der Waals surface area contributed by atoms with Gasteiger partial charge in [0.2, 0.25) is 0 Å². The number of rotatable bonds is 6. The molecule has 0 saturated carbocycles. The minimum atomic E-state index is -0.758. The topological polar surface area (TPSA) is 55.8 Å². The van der Waals surface area contributed by atoms with Crippen LogP contribution >= 0.6 is 0 Å². The van der Waals surface area contributed by atoms with Crippen LogP contribution in [0.3, 0.4) is 0 Å². The third kappa shape index (κ3) is 3.01. The SMILES string of the molecule is COC(=O)[C@](C)(CCCO)c1cccc(OC)c1. The maximum atomic E-state index is 12.0. The van der Waals surface area contributed by atoms with Crippen LogP contribution in [-0.2, 0) is 14.9 Å². The highest BCUT2D eigenvalue weighted by Gasteiger charge is 2.36. The van der Waals surface area contributed by atoms with Gasteiger partial charge in [-0.1, -0.05) is 12.1 Å². The third-order valence-corrected chi connectivity index (χ3v) is 3.18. The summed E-state index contributed by atoms with van der Waals surface area (Å²) in [5.41, 5.74) is 0.0774. The number of esters is 1. The summed E-state index contributed by atoms with van der Waals surface area (Å²) in [6.45, 7) is 1.87. The van der Waals surface area contributed by atoms with Crippen LogP contribution in [0.15, 0.2) is 24.3 Å². The molecule has 4 heteroatoms. The highest BCUT2D eigenvalue weighted by Crippen LogP contribution is 2.32. The summed E-state index contributed by atoms with van der Waals surface area (Å²) in [7, 11) is 2.96. The molecule has 4 nitrogen and oxygen atoms in total. The van der Waals surface area contributed by atoms with E-state index in [1.54, 1.807) is 7.11 Å². The molecule has 0 aliphatic heterocycles. The standard InChI is InChI=1S/C14H20O4/c1-14(8-5-9-15,13(16)18-3)11-6-4-7-12(10-11)17-2/h4,6-7,10,15H,5,8-9H2,1-3H3/t14-/m1/s1. The monoisotopic (exact) mass is 252 g/mol. The molecule has 0 fully saturated rings. The Kier molecular flexibility index (Phi) is 5.16. The largest absolute Gasteiger partial charge is 0.497 e. The Balaban J connectivity index is 3.11. The van der Waals surface area contributed by atoms with Gasteiger partial charge in [0.15, 0.2) is 0 Å². The van der Waals surface area contributed by atoms with E-state index in [0.717, 1.165) is 5.56 Å². The van der Waals surface area contributed by atoms with Crippen LogP contribution in [0.25, 0.3) is 0 Å². The van der Waals surface area contributed by atoms with E-state index < -0.39 is 5.41 Å². The average Bonchev–Trinajstić information content (AvgIpc) is 2.43. The molecule has 100 valence electrons. The van der Waals surface area contributed by atoms with Crippen LogP contribution < -0.4 is 4.74 Å². The Morgan fingerprint density at radius 3 is 2.67 bits per heavy atom.